The number of amides is 1. The zero-order chi connectivity index (χ0) is 20.6. The monoisotopic (exact) mass is 396 g/mol. The highest BCUT2D eigenvalue weighted by atomic mass is 16.5. The van der Waals surface area contributed by atoms with Crippen molar-refractivity contribution in [2.24, 2.45) is 0 Å². The standard InChI is InChI=1S/C24H20N4O2/c29-24(27-17-19-8-6-7-13-26-19)18-14-20(16-25-15-18)28-22-11-4-5-12-23(22)30-21-9-2-1-3-10-21/h1-16,28H,17H2,(H,27,29). The SMILES string of the molecule is O=C(NCc1ccccn1)c1cncc(Nc2ccccc2Oc2ccccc2)c1. The molecule has 2 heterocycles. The first kappa shape index (κ1) is 19.1. The van der Waals surface area contributed by atoms with Crippen LogP contribution in [0.15, 0.2) is 97.5 Å². The molecule has 2 aromatic heterocycles. The highest BCUT2D eigenvalue weighted by Gasteiger charge is 2.09. The number of pyridine rings is 2. The van der Waals surface area contributed by atoms with Gasteiger partial charge in [0.1, 0.15) is 5.75 Å². The Bertz CT molecular complexity index is 1120. The van der Waals surface area contributed by atoms with Crippen LogP contribution in [0.4, 0.5) is 11.4 Å². The van der Waals surface area contributed by atoms with Crippen molar-refractivity contribution in [3.63, 3.8) is 0 Å². The van der Waals surface area contributed by atoms with Crippen LogP contribution in [0.25, 0.3) is 0 Å². The van der Waals surface area contributed by atoms with E-state index >= 15 is 0 Å². The van der Waals surface area contributed by atoms with E-state index in [0.29, 0.717) is 23.5 Å². The topological polar surface area (TPSA) is 76.1 Å². The number of ether oxygens (including phenoxy) is 1. The minimum atomic E-state index is -0.217. The van der Waals surface area contributed by atoms with Crippen molar-refractivity contribution in [2.75, 3.05) is 5.32 Å². The second kappa shape index (κ2) is 9.34. The summed E-state index contributed by atoms with van der Waals surface area (Å²) in [5.41, 5.74) is 2.70. The maximum Gasteiger partial charge on any atom is 0.253 e. The van der Waals surface area contributed by atoms with Gasteiger partial charge in [-0.05, 0) is 42.5 Å². The number of rotatable bonds is 7. The number of anilines is 2. The van der Waals surface area contributed by atoms with Gasteiger partial charge in [0.25, 0.3) is 5.91 Å². The molecule has 2 aromatic carbocycles. The Hall–Kier alpha value is -4.19. The van der Waals surface area contributed by atoms with Gasteiger partial charge in [-0.1, -0.05) is 36.4 Å². The summed E-state index contributed by atoms with van der Waals surface area (Å²) in [4.78, 5) is 20.9. The Morgan fingerprint density at radius 3 is 2.53 bits per heavy atom. The van der Waals surface area contributed by atoms with E-state index in [1.807, 2.05) is 72.8 Å². The van der Waals surface area contributed by atoms with Crippen LogP contribution in [0.3, 0.4) is 0 Å². The molecule has 0 radical (unpaired) electrons. The van der Waals surface area contributed by atoms with E-state index in [0.717, 1.165) is 17.1 Å². The molecular formula is C24H20N4O2. The van der Waals surface area contributed by atoms with Crippen molar-refractivity contribution in [1.82, 2.24) is 15.3 Å². The number of hydrogen-bond donors (Lipinski definition) is 2. The number of carbonyl (C=O) groups is 1. The highest BCUT2D eigenvalue weighted by molar-refractivity contribution is 5.94. The smallest absolute Gasteiger partial charge is 0.253 e. The molecule has 0 atom stereocenters. The molecule has 6 nitrogen and oxygen atoms in total. The van der Waals surface area contributed by atoms with Crippen LogP contribution < -0.4 is 15.4 Å². The quantitative estimate of drug-likeness (QED) is 0.463. The predicted molar refractivity (Wildman–Crippen MR) is 116 cm³/mol. The maximum atomic E-state index is 12.5. The summed E-state index contributed by atoms with van der Waals surface area (Å²) in [6.07, 6.45) is 4.89. The zero-order valence-corrected chi connectivity index (χ0v) is 16.2. The van der Waals surface area contributed by atoms with Crippen LogP contribution in [0, 0.1) is 0 Å². The number of nitrogens with one attached hydrogen (secondary N) is 2. The van der Waals surface area contributed by atoms with Gasteiger partial charge >= 0.3 is 0 Å². The zero-order valence-electron chi connectivity index (χ0n) is 16.2. The van der Waals surface area contributed by atoms with E-state index in [1.165, 1.54) is 6.20 Å². The van der Waals surface area contributed by atoms with Crippen LogP contribution in [-0.2, 0) is 6.54 Å². The summed E-state index contributed by atoms with van der Waals surface area (Å²) in [5.74, 6) is 1.20. The molecule has 0 aliphatic rings. The Labute approximate surface area is 174 Å². The molecular weight excluding hydrogens is 376 g/mol. The molecule has 0 bridgehead atoms. The molecule has 0 saturated heterocycles. The van der Waals surface area contributed by atoms with Crippen LogP contribution in [-0.4, -0.2) is 15.9 Å². The Morgan fingerprint density at radius 1 is 0.900 bits per heavy atom. The van der Waals surface area contributed by atoms with E-state index in [9.17, 15) is 4.79 Å². The number of para-hydroxylation sites is 3. The first-order chi connectivity index (χ1) is 14.8. The van der Waals surface area contributed by atoms with Gasteiger partial charge in [-0.25, -0.2) is 0 Å². The Balaban J connectivity index is 1.46. The summed E-state index contributed by atoms with van der Waals surface area (Å²) in [7, 11) is 0. The summed E-state index contributed by atoms with van der Waals surface area (Å²) < 4.78 is 5.98. The Morgan fingerprint density at radius 2 is 1.70 bits per heavy atom. The lowest BCUT2D eigenvalue weighted by atomic mass is 10.2. The summed E-state index contributed by atoms with van der Waals surface area (Å²) in [5, 5.41) is 6.14. The van der Waals surface area contributed by atoms with Crippen LogP contribution in [0.2, 0.25) is 0 Å². The summed E-state index contributed by atoms with van der Waals surface area (Å²) in [6.45, 7) is 0.352. The number of benzene rings is 2. The fraction of sp³-hybridized carbons (Fsp3) is 0.0417. The van der Waals surface area contributed by atoms with Crippen LogP contribution in [0.5, 0.6) is 11.5 Å². The number of aromatic nitrogens is 2. The largest absolute Gasteiger partial charge is 0.455 e. The molecule has 0 spiro atoms. The van der Waals surface area contributed by atoms with Gasteiger partial charge in [0, 0.05) is 12.4 Å². The van der Waals surface area contributed by atoms with Crippen molar-refractivity contribution in [2.45, 2.75) is 6.54 Å². The van der Waals surface area contributed by atoms with Gasteiger partial charge < -0.3 is 15.4 Å². The average molecular weight is 396 g/mol. The van der Waals surface area contributed by atoms with Crippen molar-refractivity contribution >= 4 is 17.3 Å². The molecule has 4 aromatic rings. The minimum Gasteiger partial charge on any atom is -0.455 e. The number of carbonyl (C=O) groups excluding carboxylic acids is 1. The lowest BCUT2D eigenvalue weighted by Crippen LogP contribution is -2.23. The van der Waals surface area contributed by atoms with E-state index < -0.39 is 0 Å². The van der Waals surface area contributed by atoms with Crippen LogP contribution >= 0.6 is 0 Å². The molecule has 0 aliphatic carbocycles. The molecule has 6 heteroatoms. The number of nitrogens with zero attached hydrogens (tertiary/aromatic N) is 2. The van der Waals surface area contributed by atoms with Crippen molar-refractivity contribution < 1.29 is 9.53 Å². The van der Waals surface area contributed by atoms with Crippen molar-refractivity contribution in [3.8, 4) is 11.5 Å². The molecule has 148 valence electrons. The molecule has 2 N–H and O–H groups in total. The van der Waals surface area contributed by atoms with Gasteiger partial charge in [0.05, 0.1) is 35.4 Å². The van der Waals surface area contributed by atoms with Gasteiger partial charge in [-0.15, -0.1) is 0 Å². The molecule has 0 unspecified atom stereocenters. The van der Waals surface area contributed by atoms with E-state index in [4.69, 9.17) is 4.74 Å². The second-order valence-corrected chi connectivity index (χ2v) is 6.50. The molecule has 4 rings (SSSR count). The van der Waals surface area contributed by atoms with E-state index in [2.05, 4.69) is 20.6 Å². The minimum absolute atomic E-state index is 0.217. The Kier molecular flexibility index (Phi) is 5.96. The van der Waals surface area contributed by atoms with Gasteiger partial charge in [0.15, 0.2) is 5.75 Å². The molecule has 0 aliphatic heterocycles. The summed E-state index contributed by atoms with van der Waals surface area (Å²) in [6, 6.07) is 24.5. The molecule has 30 heavy (non-hydrogen) atoms. The normalized spacial score (nSPS) is 10.3. The van der Waals surface area contributed by atoms with Crippen molar-refractivity contribution in [1.29, 1.82) is 0 Å². The predicted octanol–water partition coefficient (Wildman–Crippen LogP) is 4.94. The molecule has 0 fully saturated rings. The van der Waals surface area contributed by atoms with E-state index in [1.54, 1.807) is 18.5 Å². The lowest BCUT2D eigenvalue weighted by molar-refractivity contribution is 0.0950. The third kappa shape index (κ3) is 4.99. The van der Waals surface area contributed by atoms with Crippen LogP contribution in [0.1, 0.15) is 16.1 Å². The fourth-order valence-electron chi connectivity index (χ4n) is 2.84. The third-order valence-corrected chi connectivity index (χ3v) is 4.29. The maximum absolute atomic E-state index is 12.5. The fourth-order valence-corrected chi connectivity index (χ4v) is 2.84. The highest BCUT2D eigenvalue weighted by Crippen LogP contribution is 2.31. The van der Waals surface area contributed by atoms with Gasteiger partial charge in [0.2, 0.25) is 0 Å². The summed E-state index contributed by atoms with van der Waals surface area (Å²) >= 11 is 0. The van der Waals surface area contributed by atoms with Gasteiger partial charge in [-0.3, -0.25) is 14.8 Å². The third-order valence-electron chi connectivity index (χ3n) is 4.29. The lowest BCUT2D eigenvalue weighted by Gasteiger charge is -2.13. The molecule has 0 saturated carbocycles. The first-order valence-electron chi connectivity index (χ1n) is 9.50. The van der Waals surface area contributed by atoms with Gasteiger partial charge in [-0.2, -0.15) is 0 Å². The van der Waals surface area contributed by atoms with E-state index in [-0.39, 0.29) is 5.91 Å². The first-order valence-corrected chi connectivity index (χ1v) is 9.50. The number of hydrogen-bond acceptors (Lipinski definition) is 5. The average Bonchev–Trinajstić information content (AvgIpc) is 2.80. The second-order valence-electron chi connectivity index (χ2n) is 6.50. The van der Waals surface area contributed by atoms with Crippen molar-refractivity contribution in [3.05, 3.63) is 109 Å². The molecule has 1 amide bonds.